The Bertz CT molecular complexity index is 783. The van der Waals surface area contributed by atoms with Gasteiger partial charge in [-0.1, -0.05) is 19.1 Å². The number of hydrogen-bond donors (Lipinski definition) is 1. The van der Waals surface area contributed by atoms with Crippen LogP contribution in [0.5, 0.6) is 0 Å². The summed E-state index contributed by atoms with van der Waals surface area (Å²) in [5.41, 5.74) is 2.13. The Labute approximate surface area is 154 Å². The molecule has 0 radical (unpaired) electrons. The minimum Gasteiger partial charge on any atom is -0.355 e. The van der Waals surface area contributed by atoms with Gasteiger partial charge in [0.05, 0.1) is 17.0 Å². The molecule has 0 spiro atoms. The third-order valence-electron chi connectivity index (χ3n) is 5.15. The Hall–Kier alpha value is -2.37. The molecule has 6 heteroatoms. The lowest BCUT2D eigenvalue weighted by Gasteiger charge is -2.31. The van der Waals surface area contributed by atoms with E-state index in [0.717, 1.165) is 42.8 Å². The predicted octanol–water partition coefficient (Wildman–Crippen LogP) is 2.36. The van der Waals surface area contributed by atoms with E-state index < -0.39 is 0 Å². The molecule has 1 N–H and O–H groups in total. The summed E-state index contributed by atoms with van der Waals surface area (Å²) in [6.07, 6.45) is 2.96. The van der Waals surface area contributed by atoms with Crippen molar-refractivity contribution in [3.8, 4) is 0 Å². The zero-order valence-electron chi connectivity index (χ0n) is 15.7. The highest BCUT2D eigenvalue weighted by Crippen LogP contribution is 2.18. The molecule has 1 fully saturated rings. The number of para-hydroxylation sites is 2. The van der Waals surface area contributed by atoms with Crippen molar-refractivity contribution in [2.24, 2.45) is 5.92 Å². The first-order valence-corrected chi connectivity index (χ1v) is 9.63. The summed E-state index contributed by atoms with van der Waals surface area (Å²) < 4.78 is 2.20. The normalized spacial score (nSPS) is 17.5. The first-order chi connectivity index (χ1) is 12.6. The average molecular weight is 356 g/mol. The highest BCUT2D eigenvalue weighted by molar-refractivity contribution is 5.81. The summed E-state index contributed by atoms with van der Waals surface area (Å²) >= 11 is 0. The smallest absolute Gasteiger partial charge is 0.224 e. The van der Waals surface area contributed by atoms with Gasteiger partial charge in [-0.15, -0.1) is 0 Å². The molecule has 0 bridgehead atoms. The van der Waals surface area contributed by atoms with Gasteiger partial charge in [0.25, 0.3) is 0 Å². The average Bonchev–Trinajstić information content (AvgIpc) is 3.04. The summed E-state index contributed by atoms with van der Waals surface area (Å²) in [6.45, 7) is 6.73. The number of amides is 2. The molecule has 140 valence electrons. The fourth-order valence-corrected chi connectivity index (χ4v) is 3.75. The van der Waals surface area contributed by atoms with Crippen LogP contribution in [-0.2, 0) is 22.6 Å². The highest BCUT2D eigenvalue weighted by atomic mass is 16.2. The van der Waals surface area contributed by atoms with E-state index in [2.05, 4.69) is 22.9 Å². The van der Waals surface area contributed by atoms with Crippen LogP contribution in [0.3, 0.4) is 0 Å². The van der Waals surface area contributed by atoms with Gasteiger partial charge in [-0.2, -0.15) is 0 Å². The zero-order valence-corrected chi connectivity index (χ0v) is 15.7. The van der Waals surface area contributed by atoms with Crippen LogP contribution in [0.25, 0.3) is 11.0 Å². The molecule has 1 unspecified atom stereocenters. The largest absolute Gasteiger partial charge is 0.355 e. The van der Waals surface area contributed by atoms with E-state index in [1.807, 2.05) is 30.0 Å². The van der Waals surface area contributed by atoms with Crippen molar-refractivity contribution in [1.82, 2.24) is 19.8 Å². The maximum Gasteiger partial charge on any atom is 0.224 e. The predicted molar refractivity (Wildman–Crippen MR) is 102 cm³/mol. The molecular weight excluding hydrogens is 328 g/mol. The van der Waals surface area contributed by atoms with E-state index in [-0.39, 0.29) is 17.7 Å². The maximum absolute atomic E-state index is 12.5. The Balaban J connectivity index is 1.56. The first-order valence-electron chi connectivity index (χ1n) is 9.63. The second kappa shape index (κ2) is 8.34. The van der Waals surface area contributed by atoms with Gasteiger partial charge in [0.2, 0.25) is 11.8 Å². The molecule has 1 aromatic heterocycles. The van der Waals surface area contributed by atoms with Crippen LogP contribution in [0.2, 0.25) is 0 Å². The van der Waals surface area contributed by atoms with E-state index in [9.17, 15) is 9.59 Å². The molecule has 6 nitrogen and oxygen atoms in total. The number of fused-ring (bicyclic) bond motifs is 1. The van der Waals surface area contributed by atoms with Gasteiger partial charge in [-0.3, -0.25) is 9.59 Å². The van der Waals surface area contributed by atoms with E-state index in [4.69, 9.17) is 4.98 Å². The van der Waals surface area contributed by atoms with Crippen LogP contribution in [-0.4, -0.2) is 45.9 Å². The third kappa shape index (κ3) is 3.89. The van der Waals surface area contributed by atoms with Gasteiger partial charge in [0.15, 0.2) is 0 Å². The number of aromatic nitrogens is 2. The van der Waals surface area contributed by atoms with E-state index in [0.29, 0.717) is 25.9 Å². The number of imidazole rings is 1. The lowest BCUT2D eigenvalue weighted by atomic mass is 9.97. The SMILES string of the molecule is CCC(=O)N1CCCC(C(=O)NCCc2nc3ccccc3n2CC)C1. The van der Waals surface area contributed by atoms with E-state index in [1.165, 1.54) is 0 Å². The van der Waals surface area contributed by atoms with Crippen LogP contribution >= 0.6 is 0 Å². The number of benzene rings is 1. The number of piperidine rings is 1. The molecule has 1 aromatic carbocycles. The summed E-state index contributed by atoms with van der Waals surface area (Å²) in [5.74, 6) is 1.10. The molecule has 2 heterocycles. The van der Waals surface area contributed by atoms with E-state index >= 15 is 0 Å². The minimum absolute atomic E-state index is 0.0535. The van der Waals surface area contributed by atoms with Crippen LogP contribution < -0.4 is 5.32 Å². The summed E-state index contributed by atoms with van der Waals surface area (Å²) in [6, 6.07) is 8.11. The number of hydrogen-bond acceptors (Lipinski definition) is 3. The Kier molecular flexibility index (Phi) is 5.91. The highest BCUT2D eigenvalue weighted by Gasteiger charge is 2.27. The molecule has 0 saturated carbocycles. The number of nitrogens with zero attached hydrogens (tertiary/aromatic N) is 3. The molecule has 1 saturated heterocycles. The molecule has 2 aromatic rings. The lowest BCUT2D eigenvalue weighted by Crippen LogP contribution is -2.45. The van der Waals surface area contributed by atoms with Crippen LogP contribution in [0.15, 0.2) is 24.3 Å². The number of nitrogens with one attached hydrogen (secondary N) is 1. The molecule has 3 rings (SSSR count). The van der Waals surface area contributed by atoms with Gasteiger partial charge in [-0.25, -0.2) is 4.98 Å². The second-order valence-corrected chi connectivity index (χ2v) is 6.83. The quantitative estimate of drug-likeness (QED) is 0.864. The third-order valence-corrected chi connectivity index (χ3v) is 5.15. The van der Waals surface area contributed by atoms with Gasteiger partial charge in [0.1, 0.15) is 5.82 Å². The van der Waals surface area contributed by atoms with Crippen LogP contribution in [0.1, 0.15) is 38.9 Å². The standard InChI is InChI=1S/C20H28N4O2/c1-3-19(25)23-13-7-8-15(14-23)20(26)21-12-11-18-22-16-9-5-6-10-17(16)24(18)4-2/h5-6,9-10,15H,3-4,7-8,11-14H2,1-2H3,(H,21,26). The topological polar surface area (TPSA) is 67.2 Å². The van der Waals surface area contributed by atoms with Crippen molar-refractivity contribution in [2.45, 2.75) is 46.1 Å². The van der Waals surface area contributed by atoms with Crippen molar-refractivity contribution in [3.63, 3.8) is 0 Å². The lowest BCUT2D eigenvalue weighted by molar-refractivity contribution is -0.135. The van der Waals surface area contributed by atoms with Crippen molar-refractivity contribution in [2.75, 3.05) is 19.6 Å². The summed E-state index contributed by atoms with van der Waals surface area (Å²) in [5, 5.41) is 3.04. The summed E-state index contributed by atoms with van der Waals surface area (Å²) in [7, 11) is 0. The van der Waals surface area contributed by atoms with Gasteiger partial charge in [0, 0.05) is 39.0 Å². The number of aryl methyl sites for hydroxylation is 1. The molecule has 2 amide bonds. The van der Waals surface area contributed by atoms with Gasteiger partial charge in [-0.05, 0) is 31.9 Å². The molecule has 26 heavy (non-hydrogen) atoms. The first kappa shape index (κ1) is 18.4. The fourth-order valence-electron chi connectivity index (χ4n) is 3.75. The molecule has 1 atom stereocenters. The second-order valence-electron chi connectivity index (χ2n) is 6.83. The number of carbonyl (C=O) groups is 2. The fraction of sp³-hybridized carbons (Fsp3) is 0.550. The van der Waals surface area contributed by atoms with Crippen molar-refractivity contribution < 1.29 is 9.59 Å². The molecule has 0 aliphatic carbocycles. The number of carbonyl (C=O) groups excluding carboxylic acids is 2. The van der Waals surface area contributed by atoms with Crippen molar-refractivity contribution in [1.29, 1.82) is 0 Å². The zero-order chi connectivity index (χ0) is 18.5. The van der Waals surface area contributed by atoms with E-state index in [1.54, 1.807) is 0 Å². The van der Waals surface area contributed by atoms with Crippen molar-refractivity contribution >= 4 is 22.8 Å². The van der Waals surface area contributed by atoms with Gasteiger partial charge < -0.3 is 14.8 Å². The molecular formula is C20H28N4O2. The Morgan fingerprint density at radius 2 is 2.08 bits per heavy atom. The number of likely N-dealkylation sites (tertiary alicyclic amines) is 1. The number of rotatable bonds is 6. The van der Waals surface area contributed by atoms with Crippen LogP contribution in [0, 0.1) is 5.92 Å². The summed E-state index contributed by atoms with van der Waals surface area (Å²) in [4.78, 5) is 30.9. The maximum atomic E-state index is 12.5. The van der Waals surface area contributed by atoms with Crippen molar-refractivity contribution in [3.05, 3.63) is 30.1 Å². The Morgan fingerprint density at radius 1 is 1.27 bits per heavy atom. The molecule has 1 aliphatic heterocycles. The van der Waals surface area contributed by atoms with Crippen LogP contribution in [0.4, 0.5) is 0 Å². The Morgan fingerprint density at radius 3 is 2.85 bits per heavy atom. The monoisotopic (exact) mass is 356 g/mol. The minimum atomic E-state index is -0.0933. The van der Waals surface area contributed by atoms with Gasteiger partial charge >= 0.3 is 0 Å². The molecule has 1 aliphatic rings.